The molecule has 0 radical (unpaired) electrons. The number of benzene rings is 2. The van der Waals surface area contributed by atoms with Crippen LogP contribution in [0, 0.1) is 11.8 Å². The van der Waals surface area contributed by atoms with Crippen LogP contribution < -0.4 is 4.74 Å². The van der Waals surface area contributed by atoms with E-state index in [9.17, 15) is 9.59 Å². The largest absolute Gasteiger partial charge is 0.496 e. The van der Waals surface area contributed by atoms with E-state index >= 15 is 0 Å². The summed E-state index contributed by atoms with van der Waals surface area (Å²) in [5.41, 5.74) is 4.72. The summed E-state index contributed by atoms with van der Waals surface area (Å²) in [5, 5.41) is 0. The average Bonchev–Trinajstić information content (AvgIpc) is 2.73. The van der Waals surface area contributed by atoms with E-state index in [1.807, 2.05) is 6.07 Å². The zero-order valence-electron chi connectivity index (χ0n) is 20.4. The average molecular weight is 441 g/mol. The van der Waals surface area contributed by atoms with Crippen molar-refractivity contribution in [3.05, 3.63) is 52.6 Å². The molecule has 0 aliphatic carbocycles. The Hall–Kier alpha value is -2.82. The highest BCUT2D eigenvalue weighted by Crippen LogP contribution is 2.34. The lowest BCUT2D eigenvalue weighted by atomic mass is 9.88. The Kier molecular flexibility index (Phi) is 9.30. The third-order valence-electron chi connectivity index (χ3n) is 5.10. The summed E-state index contributed by atoms with van der Waals surface area (Å²) >= 11 is 0. The van der Waals surface area contributed by atoms with Gasteiger partial charge in [-0.25, -0.2) is 9.59 Å². The minimum Gasteiger partial charge on any atom is -0.496 e. The number of carbonyl (C=O) groups excluding carboxylic acids is 2. The number of hydrogen-bond acceptors (Lipinski definition) is 5. The summed E-state index contributed by atoms with van der Waals surface area (Å²) in [6, 6.07) is 9.54. The summed E-state index contributed by atoms with van der Waals surface area (Å²) < 4.78 is 15.9. The van der Waals surface area contributed by atoms with Gasteiger partial charge < -0.3 is 14.2 Å². The number of rotatable bonds is 10. The van der Waals surface area contributed by atoms with Gasteiger partial charge in [0.2, 0.25) is 0 Å². The third kappa shape index (κ3) is 6.35. The predicted molar refractivity (Wildman–Crippen MR) is 127 cm³/mol. The van der Waals surface area contributed by atoms with Crippen molar-refractivity contribution in [1.29, 1.82) is 0 Å². The maximum Gasteiger partial charge on any atom is 0.341 e. The number of ether oxygens (including phenoxy) is 3. The topological polar surface area (TPSA) is 61.8 Å². The van der Waals surface area contributed by atoms with Crippen LogP contribution in [0.5, 0.6) is 5.75 Å². The van der Waals surface area contributed by atoms with Crippen LogP contribution in [0.25, 0.3) is 11.1 Å². The molecule has 5 nitrogen and oxygen atoms in total. The summed E-state index contributed by atoms with van der Waals surface area (Å²) in [7, 11) is 1.47. The van der Waals surface area contributed by atoms with Gasteiger partial charge in [-0.2, -0.15) is 0 Å². The molecule has 0 N–H and O–H groups in total. The zero-order chi connectivity index (χ0) is 23.8. The monoisotopic (exact) mass is 440 g/mol. The smallest absolute Gasteiger partial charge is 0.341 e. The molecule has 2 rings (SSSR count). The van der Waals surface area contributed by atoms with E-state index in [0.29, 0.717) is 23.0 Å². The maximum atomic E-state index is 12.8. The molecule has 0 saturated carbocycles. The highest BCUT2D eigenvalue weighted by Gasteiger charge is 2.23. The Morgan fingerprint density at radius 1 is 0.781 bits per heavy atom. The first-order valence-electron chi connectivity index (χ1n) is 11.4. The van der Waals surface area contributed by atoms with Crippen molar-refractivity contribution in [2.45, 2.75) is 54.4 Å². The molecular weight excluding hydrogens is 404 g/mol. The van der Waals surface area contributed by atoms with E-state index in [2.05, 4.69) is 39.8 Å². The van der Waals surface area contributed by atoms with Gasteiger partial charge in [-0.15, -0.1) is 0 Å². The minimum atomic E-state index is -0.486. The van der Waals surface area contributed by atoms with Crippen molar-refractivity contribution in [3.63, 3.8) is 0 Å². The summed E-state index contributed by atoms with van der Waals surface area (Å²) in [6.07, 6.45) is 1.93. The summed E-state index contributed by atoms with van der Waals surface area (Å²) in [6.45, 7) is 12.8. The molecule has 0 saturated heterocycles. The van der Waals surface area contributed by atoms with Crippen molar-refractivity contribution < 1.29 is 23.8 Å². The Balaban J connectivity index is 2.73. The van der Waals surface area contributed by atoms with Gasteiger partial charge in [0.1, 0.15) is 11.3 Å². The van der Waals surface area contributed by atoms with Gasteiger partial charge >= 0.3 is 11.9 Å². The lowest BCUT2D eigenvalue weighted by molar-refractivity contribution is 0.0509. The first-order chi connectivity index (χ1) is 15.2. The van der Waals surface area contributed by atoms with E-state index in [4.69, 9.17) is 14.2 Å². The number of carbonyl (C=O) groups is 2. The Morgan fingerprint density at radius 3 is 1.88 bits per heavy atom. The quantitative estimate of drug-likeness (QED) is 0.417. The molecule has 5 heteroatoms. The van der Waals surface area contributed by atoms with Crippen LogP contribution in [-0.4, -0.2) is 32.3 Å². The van der Waals surface area contributed by atoms with Crippen LogP contribution in [-0.2, 0) is 22.3 Å². The van der Waals surface area contributed by atoms with Crippen LogP contribution in [0.2, 0.25) is 0 Å². The number of methoxy groups -OCH3 is 1. The van der Waals surface area contributed by atoms with E-state index in [-0.39, 0.29) is 24.5 Å². The molecule has 0 aliphatic heterocycles. The predicted octanol–water partition coefficient (Wildman–Crippen LogP) is 6.11. The molecule has 0 amide bonds. The molecular formula is C27H36O5. The first kappa shape index (κ1) is 25.4. The van der Waals surface area contributed by atoms with Crippen LogP contribution >= 0.6 is 0 Å². The van der Waals surface area contributed by atoms with Crippen molar-refractivity contribution in [3.8, 4) is 16.9 Å². The van der Waals surface area contributed by atoms with Gasteiger partial charge in [0.15, 0.2) is 0 Å². The SMILES string of the molecule is CCOC(=O)c1cc(-c2ccc(CC(C)C)c(CC(C)C)c2)c(C(=O)OCC)cc1OC. The van der Waals surface area contributed by atoms with Crippen LogP contribution in [0.15, 0.2) is 30.3 Å². The maximum absolute atomic E-state index is 12.8. The fourth-order valence-corrected chi connectivity index (χ4v) is 3.80. The lowest BCUT2D eigenvalue weighted by Crippen LogP contribution is -2.12. The molecule has 0 unspecified atom stereocenters. The van der Waals surface area contributed by atoms with Crippen LogP contribution in [0.3, 0.4) is 0 Å². The van der Waals surface area contributed by atoms with Crippen molar-refractivity contribution >= 4 is 11.9 Å². The molecule has 0 fully saturated rings. The van der Waals surface area contributed by atoms with E-state index < -0.39 is 11.9 Å². The normalized spacial score (nSPS) is 11.0. The third-order valence-corrected chi connectivity index (χ3v) is 5.10. The van der Waals surface area contributed by atoms with Gasteiger partial charge in [-0.1, -0.05) is 45.9 Å². The highest BCUT2D eigenvalue weighted by atomic mass is 16.5. The van der Waals surface area contributed by atoms with Crippen molar-refractivity contribution in [2.24, 2.45) is 11.8 Å². The van der Waals surface area contributed by atoms with Gasteiger partial charge in [0, 0.05) is 0 Å². The molecule has 0 aliphatic rings. The molecule has 174 valence electrons. The fourth-order valence-electron chi connectivity index (χ4n) is 3.80. The molecule has 0 bridgehead atoms. The minimum absolute atomic E-state index is 0.249. The fraction of sp³-hybridized carbons (Fsp3) is 0.481. The highest BCUT2D eigenvalue weighted by molar-refractivity contribution is 6.02. The lowest BCUT2D eigenvalue weighted by Gasteiger charge is -2.18. The second kappa shape index (κ2) is 11.7. The van der Waals surface area contributed by atoms with Crippen LogP contribution in [0.4, 0.5) is 0 Å². The van der Waals surface area contributed by atoms with Gasteiger partial charge in [0.25, 0.3) is 0 Å². The zero-order valence-corrected chi connectivity index (χ0v) is 20.4. The van der Waals surface area contributed by atoms with Crippen molar-refractivity contribution in [2.75, 3.05) is 20.3 Å². The molecule has 0 spiro atoms. The summed E-state index contributed by atoms with van der Waals surface area (Å²) in [4.78, 5) is 25.4. The standard InChI is InChI=1S/C27H36O5/c1-8-31-26(28)23-16-25(30-7)24(27(29)32-9-2)15-22(23)20-11-10-19(12-17(3)4)21(14-20)13-18(5)6/h10-11,14-18H,8-9,12-13H2,1-7H3. The molecule has 0 aromatic heterocycles. The van der Waals surface area contributed by atoms with Gasteiger partial charge in [-0.05, 0) is 72.9 Å². The van der Waals surface area contributed by atoms with Crippen molar-refractivity contribution in [1.82, 2.24) is 0 Å². The molecule has 0 atom stereocenters. The first-order valence-corrected chi connectivity index (χ1v) is 11.4. The van der Waals surface area contributed by atoms with E-state index in [1.54, 1.807) is 26.0 Å². The number of hydrogen-bond donors (Lipinski definition) is 0. The molecule has 2 aromatic carbocycles. The molecule has 32 heavy (non-hydrogen) atoms. The second-order valence-electron chi connectivity index (χ2n) is 8.72. The molecule has 2 aromatic rings. The molecule has 0 heterocycles. The Labute approximate surface area is 192 Å². The van der Waals surface area contributed by atoms with Crippen LogP contribution in [0.1, 0.15) is 73.4 Å². The van der Waals surface area contributed by atoms with E-state index in [0.717, 1.165) is 18.4 Å². The second-order valence-corrected chi connectivity index (χ2v) is 8.72. The Morgan fingerprint density at radius 2 is 1.34 bits per heavy atom. The Bertz CT molecular complexity index is 943. The summed E-state index contributed by atoms with van der Waals surface area (Å²) in [5.74, 6) is 0.381. The number of esters is 2. The van der Waals surface area contributed by atoms with E-state index in [1.165, 1.54) is 18.2 Å². The van der Waals surface area contributed by atoms with Gasteiger partial charge in [-0.3, -0.25) is 0 Å². The van der Waals surface area contributed by atoms with Gasteiger partial charge in [0.05, 0.1) is 25.9 Å².